The van der Waals surface area contributed by atoms with Crippen molar-refractivity contribution < 1.29 is 36.3 Å². The molecular formula is C20H13ClF4N4O4. The number of ether oxygens (including phenoxy) is 1. The van der Waals surface area contributed by atoms with Gasteiger partial charge in [-0.25, -0.2) is 18.7 Å². The fraction of sp³-hybridized carbons (Fsp3) is 0.200. The molecule has 0 aliphatic carbocycles. The number of aromatic nitrogens is 3. The average molecular weight is 485 g/mol. The molecule has 1 N–H and O–H groups in total. The van der Waals surface area contributed by atoms with Crippen LogP contribution in [0.4, 0.5) is 17.6 Å². The van der Waals surface area contributed by atoms with Crippen molar-refractivity contribution >= 4 is 40.1 Å². The third kappa shape index (κ3) is 4.33. The number of amides is 1. The Kier molecular flexibility index (Phi) is 5.70. The van der Waals surface area contributed by atoms with Crippen molar-refractivity contribution in [1.29, 1.82) is 0 Å². The second-order valence-corrected chi connectivity index (χ2v) is 7.27. The number of hydrogen-bond donors (Lipinski definition) is 1. The first kappa shape index (κ1) is 22.5. The van der Waals surface area contributed by atoms with Gasteiger partial charge in [0.15, 0.2) is 17.3 Å². The van der Waals surface area contributed by atoms with Gasteiger partial charge in [-0.1, -0.05) is 11.6 Å². The third-order valence-corrected chi connectivity index (χ3v) is 5.07. The normalized spacial score (nSPS) is 12.8. The highest BCUT2D eigenvalue weighted by atomic mass is 35.5. The summed E-state index contributed by atoms with van der Waals surface area (Å²) in [5.74, 6) is -2.99. The number of fused-ring (bicyclic) bond motifs is 2. The topological polar surface area (TPSA) is 98.7 Å². The van der Waals surface area contributed by atoms with Crippen LogP contribution in [-0.2, 0) is 11.3 Å². The van der Waals surface area contributed by atoms with E-state index in [0.717, 1.165) is 6.07 Å². The minimum atomic E-state index is -4.80. The quantitative estimate of drug-likeness (QED) is 0.335. The summed E-state index contributed by atoms with van der Waals surface area (Å²) >= 11 is 6.21. The monoisotopic (exact) mass is 484 g/mol. The lowest BCUT2D eigenvalue weighted by atomic mass is 10.1. The Balaban J connectivity index is 1.60. The number of hydrogen-bond acceptors (Lipinski definition) is 6. The lowest BCUT2D eigenvalue weighted by Gasteiger charge is -2.16. The fourth-order valence-corrected chi connectivity index (χ4v) is 3.23. The molecule has 0 aliphatic heterocycles. The predicted octanol–water partition coefficient (Wildman–Crippen LogP) is 4.31. The summed E-state index contributed by atoms with van der Waals surface area (Å²) in [4.78, 5) is 28.9. The number of nitrogens with one attached hydrogen (secondary N) is 1. The van der Waals surface area contributed by atoms with Crippen molar-refractivity contribution in [3.8, 4) is 0 Å². The summed E-state index contributed by atoms with van der Waals surface area (Å²) in [6.07, 6.45) is -2.83. The van der Waals surface area contributed by atoms with Gasteiger partial charge >= 0.3 is 12.1 Å². The highest BCUT2D eigenvalue weighted by Gasteiger charge is 2.39. The van der Waals surface area contributed by atoms with Crippen molar-refractivity contribution in [1.82, 2.24) is 19.9 Å². The molecule has 33 heavy (non-hydrogen) atoms. The maximum Gasteiger partial charge on any atom is 0.425 e. The number of nitrogens with zero attached hydrogens (tertiary/aromatic N) is 3. The van der Waals surface area contributed by atoms with Gasteiger partial charge in [0.25, 0.3) is 5.91 Å². The smallest absolute Gasteiger partial charge is 0.425 e. The molecule has 1 atom stereocenters. The summed E-state index contributed by atoms with van der Waals surface area (Å²) in [5, 5.41) is 6.35. The van der Waals surface area contributed by atoms with E-state index >= 15 is 0 Å². The molecule has 0 aliphatic rings. The molecule has 172 valence electrons. The number of carbonyl (C=O) groups is 2. The van der Waals surface area contributed by atoms with Crippen molar-refractivity contribution in [2.24, 2.45) is 0 Å². The van der Waals surface area contributed by atoms with Crippen LogP contribution in [0.15, 0.2) is 41.2 Å². The van der Waals surface area contributed by atoms with Crippen LogP contribution in [0.25, 0.3) is 16.6 Å². The maximum atomic E-state index is 14.1. The number of benzene rings is 1. The van der Waals surface area contributed by atoms with E-state index in [4.69, 9.17) is 16.0 Å². The Bertz CT molecular complexity index is 1380. The Morgan fingerprint density at radius 2 is 2.06 bits per heavy atom. The lowest BCUT2D eigenvalue weighted by Crippen LogP contribution is -2.31. The average Bonchev–Trinajstić information content (AvgIpc) is 3.32. The van der Waals surface area contributed by atoms with Crippen molar-refractivity contribution in [2.75, 3.05) is 0 Å². The highest BCUT2D eigenvalue weighted by molar-refractivity contribution is 6.36. The maximum absolute atomic E-state index is 14.1. The van der Waals surface area contributed by atoms with E-state index in [1.165, 1.54) is 16.9 Å². The molecule has 0 radical (unpaired) electrons. The number of alkyl halides is 3. The minimum Gasteiger partial charge on any atom is -0.457 e. The van der Waals surface area contributed by atoms with Gasteiger partial charge in [0.1, 0.15) is 22.7 Å². The number of halogens is 5. The van der Waals surface area contributed by atoms with Crippen LogP contribution in [0.1, 0.15) is 33.4 Å². The standard InChI is InChI=1S/C20H13ClF4N4O4/c1-9(20(23,24)25)32-19(31)12-6-10(22)5-11-15(21)14(33-16(11)12)8-27-18(30)13-7-28-29-4-2-3-26-17(13)29/h2-7,9H,8H2,1H3,(H,27,30)/t9-/m1/s1. The van der Waals surface area contributed by atoms with Crippen LogP contribution < -0.4 is 5.32 Å². The SMILES string of the molecule is C[C@@H](OC(=O)c1cc(F)cc2c(Cl)c(CNC(=O)c3cnn4cccnc34)oc12)C(F)(F)F. The van der Waals surface area contributed by atoms with E-state index in [9.17, 15) is 27.2 Å². The molecular weight excluding hydrogens is 472 g/mol. The van der Waals surface area contributed by atoms with Crippen LogP contribution >= 0.6 is 11.6 Å². The van der Waals surface area contributed by atoms with Crippen LogP contribution in [0.5, 0.6) is 0 Å². The molecule has 4 aromatic rings. The molecule has 0 spiro atoms. The molecule has 0 bridgehead atoms. The second-order valence-electron chi connectivity index (χ2n) is 6.89. The summed E-state index contributed by atoms with van der Waals surface area (Å²) in [6.45, 7) is 0.366. The van der Waals surface area contributed by atoms with Gasteiger partial charge in [-0.2, -0.15) is 18.3 Å². The number of carbonyl (C=O) groups excluding carboxylic acids is 2. The van der Waals surface area contributed by atoms with Gasteiger partial charge in [-0.3, -0.25) is 4.79 Å². The molecule has 3 heterocycles. The molecule has 1 amide bonds. The largest absolute Gasteiger partial charge is 0.457 e. The summed E-state index contributed by atoms with van der Waals surface area (Å²) in [6, 6.07) is 3.26. The van der Waals surface area contributed by atoms with Gasteiger partial charge in [0.05, 0.1) is 17.8 Å². The first-order valence-corrected chi connectivity index (χ1v) is 9.68. The van der Waals surface area contributed by atoms with Crippen LogP contribution in [0.3, 0.4) is 0 Å². The van der Waals surface area contributed by atoms with Gasteiger partial charge < -0.3 is 14.5 Å². The molecule has 0 saturated heterocycles. The zero-order valence-corrected chi connectivity index (χ0v) is 17.4. The molecule has 1 aromatic carbocycles. The molecule has 0 unspecified atom stereocenters. The second kappa shape index (κ2) is 8.35. The fourth-order valence-electron chi connectivity index (χ4n) is 2.98. The van der Waals surface area contributed by atoms with E-state index in [2.05, 4.69) is 20.1 Å². The third-order valence-electron chi connectivity index (χ3n) is 4.66. The van der Waals surface area contributed by atoms with Crippen molar-refractivity contribution in [3.63, 3.8) is 0 Å². The molecule has 13 heteroatoms. The van der Waals surface area contributed by atoms with Gasteiger partial charge in [0.2, 0.25) is 0 Å². The first-order valence-electron chi connectivity index (χ1n) is 9.31. The Labute approximate surface area is 187 Å². The zero-order chi connectivity index (χ0) is 23.9. The van der Waals surface area contributed by atoms with Crippen molar-refractivity contribution in [2.45, 2.75) is 25.7 Å². The summed E-state index contributed by atoms with van der Waals surface area (Å²) in [5.41, 5.74) is -0.383. The van der Waals surface area contributed by atoms with E-state index in [1.807, 2.05) is 0 Å². The molecule has 0 fully saturated rings. The van der Waals surface area contributed by atoms with E-state index < -0.39 is 35.5 Å². The molecule has 3 aromatic heterocycles. The van der Waals surface area contributed by atoms with Gasteiger partial charge in [0, 0.05) is 17.8 Å². The Morgan fingerprint density at radius 3 is 2.79 bits per heavy atom. The van der Waals surface area contributed by atoms with E-state index in [-0.39, 0.29) is 33.9 Å². The summed E-state index contributed by atoms with van der Waals surface area (Å²) < 4.78 is 63.5. The number of rotatable bonds is 5. The Morgan fingerprint density at radius 1 is 1.30 bits per heavy atom. The highest BCUT2D eigenvalue weighted by Crippen LogP contribution is 2.34. The number of esters is 1. The van der Waals surface area contributed by atoms with Gasteiger partial charge in [-0.05, 0) is 25.1 Å². The molecule has 4 rings (SSSR count). The van der Waals surface area contributed by atoms with E-state index in [0.29, 0.717) is 18.6 Å². The molecule has 0 saturated carbocycles. The van der Waals surface area contributed by atoms with Gasteiger partial charge in [-0.15, -0.1) is 0 Å². The van der Waals surface area contributed by atoms with E-state index in [1.54, 1.807) is 12.3 Å². The van der Waals surface area contributed by atoms with Crippen LogP contribution in [0.2, 0.25) is 5.02 Å². The number of furan rings is 1. The first-order chi connectivity index (χ1) is 15.6. The minimum absolute atomic E-state index is 0.0482. The van der Waals surface area contributed by atoms with Crippen LogP contribution in [-0.4, -0.2) is 38.8 Å². The lowest BCUT2D eigenvalue weighted by molar-refractivity contribution is -0.198. The molecule has 8 nitrogen and oxygen atoms in total. The van der Waals surface area contributed by atoms with Crippen LogP contribution in [0, 0.1) is 5.82 Å². The Hall–Kier alpha value is -3.67. The zero-order valence-electron chi connectivity index (χ0n) is 16.6. The summed E-state index contributed by atoms with van der Waals surface area (Å²) in [7, 11) is 0. The van der Waals surface area contributed by atoms with Crippen molar-refractivity contribution in [3.05, 3.63) is 64.5 Å². The predicted molar refractivity (Wildman–Crippen MR) is 106 cm³/mol.